The van der Waals surface area contributed by atoms with Gasteiger partial charge in [-0.05, 0) is 29.8 Å². The van der Waals surface area contributed by atoms with Crippen molar-refractivity contribution in [2.45, 2.75) is 6.54 Å². The lowest BCUT2D eigenvalue weighted by Gasteiger charge is -2.21. The van der Waals surface area contributed by atoms with Gasteiger partial charge in [0.25, 0.3) is 5.91 Å². The van der Waals surface area contributed by atoms with Crippen molar-refractivity contribution in [1.82, 2.24) is 4.90 Å². The summed E-state index contributed by atoms with van der Waals surface area (Å²) in [7, 11) is 1.56. The number of halogens is 2. The quantitative estimate of drug-likeness (QED) is 0.873. The number of hydrogen-bond acceptors (Lipinski definition) is 3. The fraction of sp³-hybridized carbons (Fsp3) is 0.235. The Morgan fingerprint density at radius 1 is 1.09 bits per heavy atom. The van der Waals surface area contributed by atoms with Crippen molar-refractivity contribution < 1.29 is 23.0 Å². The van der Waals surface area contributed by atoms with Crippen LogP contribution in [0, 0.1) is 11.6 Å². The van der Waals surface area contributed by atoms with E-state index in [9.17, 15) is 13.6 Å². The van der Waals surface area contributed by atoms with Crippen LogP contribution in [0.3, 0.4) is 0 Å². The average molecular weight is 319 g/mol. The summed E-state index contributed by atoms with van der Waals surface area (Å²) < 4.78 is 37.6. The van der Waals surface area contributed by atoms with E-state index in [1.807, 2.05) is 6.07 Å². The molecule has 0 aromatic heterocycles. The van der Waals surface area contributed by atoms with E-state index in [0.717, 1.165) is 17.7 Å². The summed E-state index contributed by atoms with van der Waals surface area (Å²) in [4.78, 5) is 13.6. The van der Waals surface area contributed by atoms with Crippen molar-refractivity contribution in [3.63, 3.8) is 0 Å². The number of nitrogens with zero attached hydrogens (tertiary/aromatic N) is 1. The summed E-state index contributed by atoms with van der Waals surface area (Å²) in [5, 5.41) is 0. The Morgan fingerprint density at radius 2 is 1.83 bits per heavy atom. The highest BCUT2D eigenvalue weighted by Gasteiger charge is 2.18. The highest BCUT2D eigenvalue weighted by molar-refractivity contribution is 5.94. The van der Waals surface area contributed by atoms with Gasteiger partial charge in [-0.3, -0.25) is 4.79 Å². The SMILES string of the molecule is CN(Cc1ccc2c(c1)OCCO2)C(=O)c1ccc(F)cc1F. The average Bonchev–Trinajstić information content (AvgIpc) is 2.54. The fourth-order valence-corrected chi connectivity index (χ4v) is 2.40. The Hall–Kier alpha value is -2.63. The number of ether oxygens (including phenoxy) is 2. The molecule has 1 amide bonds. The van der Waals surface area contributed by atoms with Crippen LogP contribution in [0.1, 0.15) is 15.9 Å². The Morgan fingerprint density at radius 3 is 2.57 bits per heavy atom. The first kappa shape index (κ1) is 15.3. The minimum Gasteiger partial charge on any atom is -0.486 e. The molecule has 0 atom stereocenters. The molecule has 0 aliphatic carbocycles. The lowest BCUT2D eigenvalue weighted by atomic mass is 10.1. The molecule has 1 heterocycles. The van der Waals surface area contributed by atoms with Crippen LogP contribution in [0.5, 0.6) is 11.5 Å². The standard InChI is InChI=1S/C17H15F2NO3/c1-20(17(21)13-4-3-12(18)9-14(13)19)10-11-2-5-15-16(8-11)23-7-6-22-15/h2-5,8-9H,6-7,10H2,1H3. The summed E-state index contributed by atoms with van der Waals surface area (Å²) in [6, 6.07) is 8.30. The van der Waals surface area contributed by atoms with E-state index in [1.165, 1.54) is 4.90 Å². The van der Waals surface area contributed by atoms with Gasteiger partial charge in [-0.1, -0.05) is 6.07 Å². The number of fused-ring (bicyclic) bond motifs is 1. The first-order chi connectivity index (χ1) is 11.0. The van der Waals surface area contributed by atoms with Crippen LogP contribution in [0.15, 0.2) is 36.4 Å². The maximum atomic E-state index is 13.7. The van der Waals surface area contributed by atoms with Crippen molar-refractivity contribution in [2.75, 3.05) is 20.3 Å². The highest BCUT2D eigenvalue weighted by Crippen LogP contribution is 2.31. The van der Waals surface area contributed by atoms with E-state index >= 15 is 0 Å². The number of hydrogen-bond donors (Lipinski definition) is 0. The molecule has 120 valence electrons. The lowest BCUT2D eigenvalue weighted by Crippen LogP contribution is -2.27. The first-order valence-corrected chi connectivity index (χ1v) is 7.13. The molecule has 1 aliphatic heterocycles. The molecule has 2 aromatic rings. The third-order valence-corrected chi connectivity index (χ3v) is 3.53. The maximum Gasteiger partial charge on any atom is 0.256 e. The molecule has 0 spiro atoms. The van der Waals surface area contributed by atoms with Gasteiger partial charge in [-0.15, -0.1) is 0 Å². The van der Waals surface area contributed by atoms with Crippen molar-refractivity contribution >= 4 is 5.91 Å². The van der Waals surface area contributed by atoms with E-state index in [0.29, 0.717) is 30.8 Å². The molecule has 6 heteroatoms. The van der Waals surface area contributed by atoms with Gasteiger partial charge >= 0.3 is 0 Å². The second-order valence-corrected chi connectivity index (χ2v) is 5.26. The van der Waals surface area contributed by atoms with Gasteiger partial charge in [-0.25, -0.2) is 8.78 Å². The highest BCUT2D eigenvalue weighted by atomic mass is 19.1. The molecule has 23 heavy (non-hydrogen) atoms. The number of carbonyl (C=O) groups excluding carboxylic acids is 1. The summed E-state index contributed by atoms with van der Waals surface area (Å²) >= 11 is 0. The summed E-state index contributed by atoms with van der Waals surface area (Å²) in [6.45, 7) is 1.26. The molecular weight excluding hydrogens is 304 g/mol. The second kappa shape index (κ2) is 6.24. The number of benzene rings is 2. The predicted octanol–water partition coefficient (Wildman–Crippen LogP) is 3.01. The largest absolute Gasteiger partial charge is 0.486 e. The second-order valence-electron chi connectivity index (χ2n) is 5.26. The normalized spacial score (nSPS) is 12.8. The molecule has 0 unspecified atom stereocenters. The number of amides is 1. The molecular formula is C17H15F2NO3. The van der Waals surface area contributed by atoms with Crippen LogP contribution in [-0.4, -0.2) is 31.1 Å². The van der Waals surface area contributed by atoms with Crippen LogP contribution >= 0.6 is 0 Å². The summed E-state index contributed by atoms with van der Waals surface area (Å²) in [5.74, 6) is -0.809. The smallest absolute Gasteiger partial charge is 0.256 e. The van der Waals surface area contributed by atoms with Gasteiger partial charge in [0.05, 0.1) is 5.56 Å². The van der Waals surface area contributed by atoms with Crippen LogP contribution in [0.25, 0.3) is 0 Å². The third kappa shape index (κ3) is 3.26. The molecule has 1 aliphatic rings. The number of carbonyl (C=O) groups is 1. The van der Waals surface area contributed by atoms with E-state index < -0.39 is 17.5 Å². The molecule has 0 saturated heterocycles. The first-order valence-electron chi connectivity index (χ1n) is 7.13. The zero-order valence-corrected chi connectivity index (χ0v) is 12.5. The van der Waals surface area contributed by atoms with Gasteiger partial charge in [0.1, 0.15) is 24.8 Å². The minimum atomic E-state index is -0.871. The lowest BCUT2D eigenvalue weighted by molar-refractivity contribution is 0.0780. The van der Waals surface area contributed by atoms with E-state index in [2.05, 4.69) is 0 Å². The molecule has 0 radical (unpaired) electrons. The Bertz CT molecular complexity index is 749. The fourth-order valence-electron chi connectivity index (χ4n) is 2.40. The Labute approximate surface area is 132 Å². The molecule has 2 aromatic carbocycles. The van der Waals surface area contributed by atoms with E-state index in [1.54, 1.807) is 19.2 Å². The maximum absolute atomic E-state index is 13.7. The van der Waals surface area contributed by atoms with Crippen LogP contribution in [0.4, 0.5) is 8.78 Å². The van der Waals surface area contributed by atoms with Crippen molar-refractivity contribution in [2.24, 2.45) is 0 Å². The summed E-state index contributed by atoms with van der Waals surface area (Å²) in [5.41, 5.74) is 0.666. The summed E-state index contributed by atoms with van der Waals surface area (Å²) in [6.07, 6.45) is 0. The third-order valence-electron chi connectivity index (χ3n) is 3.53. The Balaban J connectivity index is 1.75. The monoisotopic (exact) mass is 319 g/mol. The van der Waals surface area contributed by atoms with Gasteiger partial charge < -0.3 is 14.4 Å². The predicted molar refractivity (Wildman–Crippen MR) is 79.6 cm³/mol. The zero-order chi connectivity index (χ0) is 16.4. The zero-order valence-electron chi connectivity index (χ0n) is 12.5. The van der Waals surface area contributed by atoms with Crippen LogP contribution < -0.4 is 9.47 Å². The number of rotatable bonds is 3. The molecule has 0 saturated carbocycles. The van der Waals surface area contributed by atoms with E-state index in [-0.39, 0.29) is 12.1 Å². The van der Waals surface area contributed by atoms with Crippen LogP contribution in [0.2, 0.25) is 0 Å². The molecule has 0 fully saturated rings. The van der Waals surface area contributed by atoms with Crippen molar-refractivity contribution in [3.8, 4) is 11.5 Å². The van der Waals surface area contributed by atoms with Crippen molar-refractivity contribution in [3.05, 3.63) is 59.2 Å². The van der Waals surface area contributed by atoms with Gasteiger partial charge in [0, 0.05) is 19.7 Å². The van der Waals surface area contributed by atoms with Gasteiger partial charge in [0.15, 0.2) is 11.5 Å². The van der Waals surface area contributed by atoms with Crippen molar-refractivity contribution in [1.29, 1.82) is 0 Å². The Kier molecular flexibility index (Phi) is 4.14. The van der Waals surface area contributed by atoms with Gasteiger partial charge in [-0.2, -0.15) is 0 Å². The van der Waals surface area contributed by atoms with Crippen LogP contribution in [-0.2, 0) is 6.54 Å². The minimum absolute atomic E-state index is 0.161. The molecule has 0 bridgehead atoms. The van der Waals surface area contributed by atoms with Gasteiger partial charge in [0.2, 0.25) is 0 Å². The molecule has 3 rings (SSSR count). The topological polar surface area (TPSA) is 38.8 Å². The van der Waals surface area contributed by atoms with E-state index in [4.69, 9.17) is 9.47 Å². The molecule has 0 N–H and O–H groups in total. The molecule has 4 nitrogen and oxygen atoms in total.